The van der Waals surface area contributed by atoms with Crippen LogP contribution in [0.4, 0.5) is 13.2 Å². The Morgan fingerprint density at radius 1 is 1.25 bits per heavy atom. The van der Waals surface area contributed by atoms with Gasteiger partial charge in [0.25, 0.3) is 0 Å². The third kappa shape index (κ3) is 1.24. The molecule has 0 aliphatic heterocycles. The number of ether oxygens (including phenoxy) is 1. The second-order valence-corrected chi connectivity index (χ2v) is 2.17. The molecule has 0 fully saturated rings. The van der Waals surface area contributed by atoms with E-state index in [-0.39, 0.29) is 5.75 Å². The minimum Gasteiger partial charge on any atom is -0.493 e. The van der Waals surface area contributed by atoms with Crippen molar-refractivity contribution in [3.05, 3.63) is 36.0 Å². The summed E-state index contributed by atoms with van der Waals surface area (Å²) < 4.78 is 42.3. The van der Waals surface area contributed by atoms with Crippen LogP contribution in [0.5, 0.6) is 5.75 Å². The monoisotopic (exact) mass is 175 g/mol. The lowest BCUT2D eigenvalue weighted by atomic mass is 10.2. The Morgan fingerprint density at radius 3 is 2.33 bits per heavy atom. The molecule has 0 bridgehead atoms. The predicted molar refractivity (Wildman–Crippen MR) is 37.3 cm³/mol. The van der Waals surface area contributed by atoms with E-state index in [4.69, 9.17) is 0 Å². The Hall–Kier alpha value is -1.19. The average Bonchev–Trinajstić information content (AvgIpc) is 2.01. The van der Waals surface area contributed by atoms with Crippen molar-refractivity contribution in [3.63, 3.8) is 0 Å². The topological polar surface area (TPSA) is 9.23 Å². The van der Waals surface area contributed by atoms with E-state index >= 15 is 0 Å². The molecule has 0 N–H and O–H groups in total. The zero-order valence-corrected chi connectivity index (χ0v) is 6.33. The van der Waals surface area contributed by atoms with E-state index in [2.05, 4.69) is 11.7 Å². The fourth-order valence-corrected chi connectivity index (χ4v) is 0.849. The van der Waals surface area contributed by atoms with Crippen LogP contribution in [0, 0.1) is 24.4 Å². The molecule has 0 aliphatic rings. The lowest BCUT2D eigenvalue weighted by molar-refractivity contribution is 0.373. The fourth-order valence-electron chi connectivity index (χ4n) is 0.849. The van der Waals surface area contributed by atoms with E-state index in [9.17, 15) is 13.2 Å². The van der Waals surface area contributed by atoms with Gasteiger partial charge in [0.2, 0.25) is 0 Å². The zero-order valence-electron chi connectivity index (χ0n) is 6.33. The van der Waals surface area contributed by atoms with Gasteiger partial charge < -0.3 is 4.74 Å². The number of hydrogen-bond acceptors (Lipinski definition) is 1. The highest BCUT2D eigenvalue weighted by Crippen LogP contribution is 2.25. The maximum Gasteiger partial charge on any atom is 0.168 e. The number of hydrogen-bond donors (Lipinski definition) is 0. The van der Waals surface area contributed by atoms with Gasteiger partial charge in [-0.1, -0.05) is 0 Å². The molecular weight excluding hydrogens is 169 g/mol. The van der Waals surface area contributed by atoms with Crippen LogP contribution in [0.2, 0.25) is 0 Å². The molecule has 1 nitrogen and oxygen atoms in total. The maximum atomic E-state index is 12.7. The van der Waals surface area contributed by atoms with Crippen molar-refractivity contribution in [2.75, 3.05) is 7.11 Å². The average molecular weight is 175 g/mol. The SMILES string of the molecule is [CH2]c1c(F)c(F)cc(F)c1OC. The highest BCUT2D eigenvalue weighted by atomic mass is 19.2. The van der Waals surface area contributed by atoms with E-state index in [0.29, 0.717) is 6.07 Å². The molecule has 65 valence electrons. The van der Waals surface area contributed by atoms with Crippen LogP contribution < -0.4 is 4.74 Å². The Bertz CT molecular complexity index is 310. The van der Waals surface area contributed by atoms with Crippen molar-refractivity contribution in [2.24, 2.45) is 0 Å². The van der Waals surface area contributed by atoms with Gasteiger partial charge in [-0.25, -0.2) is 13.2 Å². The molecule has 4 heteroatoms. The second-order valence-electron chi connectivity index (χ2n) is 2.17. The van der Waals surface area contributed by atoms with Crippen LogP contribution >= 0.6 is 0 Å². The Labute approximate surface area is 67.8 Å². The molecule has 0 saturated heterocycles. The molecule has 0 spiro atoms. The van der Waals surface area contributed by atoms with Gasteiger partial charge in [-0.3, -0.25) is 0 Å². The minimum absolute atomic E-state index is 0.367. The van der Waals surface area contributed by atoms with Gasteiger partial charge in [-0.05, 0) is 6.92 Å². The van der Waals surface area contributed by atoms with E-state index < -0.39 is 23.0 Å². The number of rotatable bonds is 1. The Kier molecular flexibility index (Phi) is 2.26. The summed E-state index contributed by atoms with van der Waals surface area (Å²) in [6.07, 6.45) is 0. The van der Waals surface area contributed by atoms with Crippen molar-refractivity contribution >= 4 is 0 Å². The molecule has 0 heterocycles. The normalized spacial score (nSPS) is 10.1. The first-order valence-electron chi connectivity index (χ1n) is 3.11. The largest absolute Gasteiger partial charge is 0.493 e. The van der Waals surface area contributed by atoms with Gasteiger partial charge in [-0.15, -0.1) is 0 Å². The molecule has 12 heavy (non-hydrogen) atoms. The molecule has 0 unspecified atom stereocenters. The van der Waals surface area contributed by atoms with Gasteiger partial charge in [-0.2, -0.15) is 0 Å². The number of halogens is 3. The highest BCUT2D eigenvalue weighted by molar-refractivity contribution is 5.38. The second kappa shape index (κ2) is 3.05. The van der Waals surface area contributed by atoms with E-state index in [1.165, 1.54) is 0 Å². The van der Waals surface area contributed by atoms with E-state index in [0.717, 1.165) is 7.11 Å². The van der Waals surface area contributed by atoms with Gasteiger partial charge >= 0.3 is 0 Å². The smallest absolute Gasteiger partial charge is 0.168 e. The van der Waals surface area contributed by atoms with Crippen LogP contribution in [0.3, 0.4) is 0 Å². The van der Waals surface area contributed by atoms with Gasteiger partial charge in [0.15, 0.2) is 23.2 Å². The Morgan fingerprint density at radius 2 is 1.83 bits per heavy atom. The summed E-state index contributed by atoms with van der Waals surface area (Å²) in [5, 5.41) is 0. The highest BCUT2D eigenvalue weighted by Gasteiger charge is 2.15. The summed E-state index contributed by atoms with van der Waals surface area (Å²) in [6.45, 7) is 3.13. The summed E-state index contributed by atoms with van der Waals surface area (Å²) in [6, 6.07) is 0.419. The first kappa shape index (κ1) is 8.90. The maximum absolute atomic E-state index is 12.7. The molecule has 1 aromatic carbocycles. The quantitative estimate of drug-likeness (QED) is 0.595. The van der Waals surface area contributed by atoms with Crippen molar-refractivity contribution < 1.29 is 17.9 Å². The van der Waals surface area contributed by atoms with Gasteiger partial charge in [0, 0.05) is 11.6 Å². The van der Waals surface area contributed by atoms with Crippen LogP contribution in [0.1, 0.15) is 5.56 Å². The van der Waals surface area contributed by atoms with E-state index in [1.807, 2.05) is 0 Å². The van der Waals surface area contributed by atoms with Crippen molar-refractivity contribution in [3.8, 4) is 5.75 Å². The van der Waals surface area contributed by atoms with Crippen LogP contribution in [0.25, 0.3) is 0 Å². The van der Waals surface area contributed by atoms with Crippen LogP contribution in [0.15, 0.2) is 6.07 Å². The van der Waals surface area contributed by atoms with Crippen LogP contribution in [-0.2, 0) is 0 Å². The molecule has 1 aromatic rings. The summed E-state index contributed by atoms with van der Waals surface area (Å²) in [4.78, 5) is 0. The van der Waals surface area contributed by atoms with Gasteiger partial charge in [0.1, 0.15) is 0 Å². The minimum atomic E-state index is -1.27. The molecule has 1 rings (SSSR count). The predicted octanol–water partition coefficient (Wildman–Crippen LogP) is 2.29. The fraction of sp³-hybridized carbons (Fsp3) is 0.125. The molecule has 0 amide bonds. The number of methoxy groups -OCH3 is 1. The summed E-state index contributed by atoms with van der Waals surface area (Å²) >= 11 is 0. The molecule has 0 saturated carbocycles. The first-order chi connectivity index (χ1) is 5.57. The molecule has 0 atom stereocenters. The van der Waals surface area contributed by atoms with E-state index in [1.54, 1.807) is 0 Å². The van der Waals surface area contributed by atoms with Crippen molar-refractivity contribution in [1.29, 1.82) is 0 Å². The third-order valence-electron chi connectivity index (χ3n) is 1.42. The van der Waals surface area contributed by atoms with Crippen molar-refractivity contribution in [1.82, 2.24) is 0 Å². The lowest BCUT2D eigenvalue weighted by Crippen LogP contribution is -1.97. The number of benzene rings is 1. The van der Waals surface area contributed by atoms with Crippen LogP contribution in [-0.4, -0.2) is 7.11 Å². The summed E-state index contributed by atoms with van der Waals surface area (Å²) in [7, 11) is 1.16. The third-order valence-corrected chi connectivity index (χ3v) is 1.42. The summed E-state index contributed by atoms with van der Waals surface area (Å²) in [5.74, 6) is -3.78. The van der Waals surface area contributed by atoms with Gasteiger partial charge in [0.05, 0.1) is 7.11 Å². The standard InChI is InChI=1S/C8H6F3O/c1-4-7(11)5(9)3-6(10)8(4)12-2/h3H,1H2,2H3. The zero-order chi connectivity index (χ0) is 9.30. The van der Waals surface area contributed by atoms with Crippen molar-refractivity contribution in [2.45, 2.75) is 0 Å². The molecule has 0 aromatic heterocycles. The molecule has 0 aliphatic carbocycles. The molecule has 1 radical (unpaired) electrons. The first-order valence-corrected chi connectivity index (χ1v) is 3.11. The lowest BCUT2D eigenvalue weighted by Gasteiger charge is -2.06. The Balaban J connectivity index is 3.40. The summed E-state index contributed by atoms with van der Waals surface area (Å²) in [5.41, 5.74) is -0.407. The molecular formula is C8H6F3O.